The van der Waals surface area contributed by atoms with Crippen molar-refractivity contribution in [3.8, 4) is 5.75 Å². The van der Waals surface area contributed by atoms with Gasteiger partial charge in [-0.3, -0.25) is 4.79 Å². The molecule has 104 valence electrons. The molecule has 0 saturated carbocycles. The average molecular weight is 396 g/mol. The van der Waals surface area contributed by atoms with E-state index in [9.17, 15) is 14.7 Å². The second-order valence-corrected chi connectivity index (χ2v) is 5.54. The van der Waals surface area contributed by atoms with E-state index in [0.29, 0.717) is 14.6 Å². The first-order valence-electron chi connectivity index (χ1n) is 5.27. The molecule has 0 spiro atoms. The summed E-state index contributed by atoms with van der Waals surface area (Å²) < 4.78 is 0.840. The van der Waals surface area contributed by atoms with Crippen molar-refractivity contribution in [3.63, 3.8) is 0 Å². The zero-order valence-corrected chi connectivity index (χ0v) is 12.9. The van der Waals surface area contributed by atoms with Crippen molar-refractivity contribution in [1.82, 2.24) is 0 Å². The number of carbonyl (C=O) groups excluding carboxylic acids is 1. The number of hydrogen-bond acceptors (Lipinski definition) is 4. The molecule has 0 aliphatic rings. The van der Waals surface area contributed by atoms with Gasteiger partial charge < -0.3 is 21.3 Å². The minimum absolute atomic E-state index is 0.0227. The Hall–Kier alpha value is -1.28. The van der Waals surface area contributed by atoms with Crippen LogP contribution in [0.5, 0.6) is 5.75 Å². The van der Waals surface area contributed by atoms with Crippen LogP contribution < -0.4 is 11.1 Å². The SMILES string of the molecule is NC(=O)CC[C@H](Nc1cc(Br)c(O)c(Br)c1)C(=O)O. The highest BCUT2D eigenvalue weighted by Crippen LogP contribution is 2.35. The fraction of sp³-hybridized carbons (Fsp3) is 0.273. The second-order valence-electron chi connectivity index (χ2n) is 3.83. The summed E-state index contributed by atoms with van der Waals surface area (Å²) in [6.45, 7) is 0. The average Bonchev–Trinajstić information content (AvgIpc) is 2.30. The van der Waals surface area contributed by atoms with E-state index in [0.717, 1.165) is 0 Å². The first-order valence-corrected chi connectivity index (χ1v) is 6.85. The van der Waals surface area contributed by atoms with Gasteiger partial charge in [-0.25, -0.2) is 4.79 Å². The fourth-order valence-electron chi connectivity index (χ4n) is 1.39. The van der Waals surface area contributed by atoms with E-state index >= 15 is 0 Å². The number of carboxylic acid groups (broad SMARTS) is 1. The molecule has 1 aromatic carbocycles. The lowest BCUT2D eigenvalue weighted by atomic mass is 10.1. The third kappa shape index (κ3) is 4.71. The smallest absolute Gasteiger partial charge is 0.326 e. The number of amides is 1. The maximum Gasteiger partial charge on any atom is 0.326 e. The second kappa shape index (κ2) is 6.76. The van der Waals surface area contributed by atoms with Gasteiger partial charge in [0.15, 0.2) is 0 Å². The summed E-state index contributed by atoms with van der Waals surface area (Å²) in [4.78, 5) is 21.8. The predicted molar refractivity (Wildman–Crippen MR) is 77.0 cm³/mol. The van der Waals surface area contributed by atoms with Crippen LogP contribution in [0.2, 0.25) is 0 Å². The molecule has 1 aromatic rings. The molecule has 1 rings (SSSR count). The fourth-order valence-corrected chi connectivity index (χ4v) is 2.58. The number of nitrogens with two attached hydrogens (primary N) is 1. The van der Waals surface area contributed by atoms with Crippen LogP contribution in [0.3, 0.4) is 0 Å². The van der Waals surface area contributed by atoms with Crippen molar-refractivity contribution in [1.29, 1.82) is 0 Å². The summed E-state index contributed by atoms with van der Waals surface area (Å²) in [7, 11) is 0. The number of carboxylic acids is 1. The summed E-state index contributed by atoms with van der Waals surface area (Å²) in [6.07, 6.45) is 0.0607. The number of benzene rings is 1. The topological polar surface area (TPSA) is 113 Å². The number of rotatable bonds is 6. The van der Waals surface area contributed by atoms with Gasteiger partial charge in [-0.1, -0.05) is 0 Å². The number of halogens is 2. The maximum absolute atomic E-state index is 11.1. The van der Waals surface area contributed by atoms with Crippen LogP contribution in [0.15, 0.2) is 21.1 Å². The predicted octanol–water partition coefficient (Wildman–Crippen LogP) is 2.05. The molecule has 5 N–H and O–H groups in total. The minimum atomic E-state index is -1.08. The minimum Gasteiger partial charge on any atom is -0.506 e. The van der Waals surface area contributed by atoms with Gasteiger partial charge in [0.1, 0.15) is 11.8 Å². The molecular formula is C11H12Br2N2O4. The Labute approximate surface area is 126 Å². The Morgan fingerprint density at radius 2 is 1.84 bits per heavy atom. The molecule has 1 atom stereocenters. The molecule has 0 radical (unpaired) electrons. The number of hydrogen-bond donors (Lipinski definition) is 4. The molecule has 0 fully saturated rings. The van der Waals surface area contributed by atoms with Crippen LogP contribution in [0.1, 0.15) is 12.8 Å². The van der Waals surface area contributed by atoms with E-state index in [1.807, 2.05) is 0 Å². The van der Waals surface area contributed by atoms with E-state index in [1.165, 1.54) is 0 Å². The molecule has 0 saturated heterocycles. The Morgan fingerprint density at radius 3 is 2.26 bits per heavy atom. The highest BCUT2D eigenvalue weighted by molar-refractivity contribution is 9.11. The largest absolute Gasteiger partial charge is 0.506 e. The van der Waals surface area contributed by atoms with Gasteiger partial charge >= 0.3 is 5.97 Å². The molecular weight excluding hydrogens is 384 g/mol. The molecule has 8 heteroatoms. The summed E-state index contributed by atoms with van der Waals surface area (Å²) in [5.41, 5.74) is 5.49. The van der Waals surface area contributed by atoms with Crippen LogP contribution >= 0.6 is 31.9 Å². The van der Waals surface area contributed by atoms with Crippen molar-refractivity contribution in [2.24, 2.45) is 5.73 Å². The first kappa shape index (κ1) is 15.8. The van der Waals surface area contributed by atoms with Crippen molar-refractivity contribution in [2.45, 2.75) is 18.9 Å². The lowest BCUT2D eigenvalue weighted by Crippen LogP contribution is -2.30. The molecule has 1 amide bonds. The Bertz CT molecular complexity index is 484. The molecule has 0 aromatic heterocycles. The number of primary amides is 1. The molecule has 0 aliphatic heterocycles. The van der Waals surface area contributed by atoms with Crippen LogP contribution in [0, 0.1) is 0 Å². The number of nitrogens with one attached hydrogen (secondary N) is 1. The molecule has 6 nitrogen and oxygen atoms in total. The Balaban J connectivity index is 2.85. The highest BCUT2D eigenvalue weighted by atomic mass is 79.9. The summed E-state index contributed by atoms with van der Waals surface area (Å²) in [5, 5.41) is 21.4. The van der Waals surface area contributed by atoms with E-state index in [2.05, 4.69) is 37.2 Å². The standard InChI is InChI=1S/C11H12Br2N2O4/c12-6-3-5(4-7(13)10(6)17)15-8(11(18)19)1-2-9(14)16/h3-4,8,15,17H,1-2H2,(H2,14,16)(H,18,19)/t8-/m0/s1. The summed E-state index contributed by atoms with van der Waals surface area (Å²) in [6, 6.07) is 2.15. The number of aliphatic carboxylic acids is 1. The monoisotopic (exact) mass is 394 g/mol. The van der Waals surface area contributed by atoms with Gasteiger partial charge in [-0.05, 0) is 50.4 Å². The third-order valence-corrected chi connectivity index (χ3v) is 3.54. The number of phenolic OH excluding ortho intramolecular Hbond substituents is 1. The number of carbonyl (C=O) groups is 2. The lowest BCUT2D eigenvalue weighted by molar-refractivity contribution is -0.138. The Morgan fingerprint density at radius 1 is 1.32 bits per heavy atom. The van der Waals surface area contributed by atoms with Crippen LogP contribution in [0.4, 0.5) is 5.69 Å². The van der Waals surface area contributed by atoms with Crippen molar-refractivity contribution < 1.29 is 19.8 Å². The molecule has 0 unspecified atom stereocenters. The van der Waals surface area contributed by atoms with Gasteiger partial charge in [-0.15, -0.1) is 0 Å². The van der Waals surface area contributed by atoms with E-state index in [4.69, 9.17) is 10.8 Å². The van der Waals surface area contributed by atoms with Gasteiger partial charge in [0, 0.05) is 12.1 Å². The highest BCUT2D eigenvalue weighted by Gasteiger charge is 2.18. The first-order chi connectivity index (χ1) is 8.81. The zero-order chi connectivity index (χ0) is 14.6. The number of aromatic hydroxyl groups is 1. The van der Waals surface area contributed by atoms with Crippen LogP contribution in [-0.2, 0) is 9.59 Å². The molecule has 0 heterocycles. The number of phenols is 1. The molecule has 0 aliphatic carbocycles. The van der Waals surface area contributed by atoms with E-state index in [-0.39, 0.29) is 18.6 Å². The van der Waals surface area contributed by atoms with E-state index < -0.39 is 17.9 Å². The van der Waals surface area contributed by atoms with Gasteiger partial charge in [0.2, 0.25) is 5.91 Å². The van der Waals surface area contributed by atoms with Crippen molar-refractivity contribution >= 4 is 49.4 Å². The summed E-state index contributed by atoms with van der Waals surface area (Å²) >= 11 is 6.29. The van der Waals surface area contributed by atoms with Crippen molar-refractivity contribution in [2.75, 3.05) is 5.32 Å². The van der Waals surface area contributed by atoms with Crippen LogP contribution in [-0.4, -0.2) is 28.1 Å². The van der Waals surface area contributed by atoms with Gasteiger partial charge in [-0.2, -0.15) is 0 Å². The van der Waals surface area contributed by atoms with Gasteiger partial charge in [0.05, 0.1) is 8.95 Å². The molecule has 19 heavy (non-hydrogen) atoms. The van der Waals surface area contributed by atoms with E-state index in [1.54, 1.807) is 12.1 Å². The normalized spacial score (nSPS) is 11.9. The van der Waals surface area contributed by atoms with Gasteiger partial charge in [0.25, 0.3) is 0 Å². The summed E-state index contributed by atoms with van der Waals surface area (Å²) in [5.74, 6) is -1.61. The Kier molecular flexibility index (Phi) is 5.61. The molecule has 0 bridgehead atoms. The quantitative estimate of drug-likeness (QED) is 0.550. The third-order valence-electron chi connectivity index (χ3n) is 2.34. The van der Waals surface area contributed by atoms with Crippen molar-refractivity contribution in [3.05, 3.63) is 21.1 Å². The van der Waals surface area contributed by atoms with Crippen LogP contribution in [0.25, 0.3) is 0 Å². The lowest BCUT2D eigenvalue weighted by Gasteiger charge is -2.16. The maximum atomic E-state index is 11.1. The number of anilines is 1. The zero-order valence-electron chi connectivity index (χ0n) is 9.69.